The van der Waals surface area contributed by atoms with Crippen molar-refractivity contribution in [3.63, 3.8) is 0 Å². The predicted molar refractivity (Wildman–Crippen MR) is 41.7 cm³/mol. The van der Waals surface area contributed by atoms with Gasteiger partial charge in [0.05, 0.1) is 6.26 Å². The summed E-state index contributed by atoms with van der Waals surface area (Å²) in [4.78, 5) is 3.74. The van der Waals surface area contributed by atoms with Gasteiger partial charge in [0.1, 0.15) is 0 Å². The number of hydrogen-bond acceptors (Lipinski definition) is 2. The van der Waals surface area contributed by atoms with E-state index in [2.05, 4.69) is 16.3 Å². The van der Waals surface area contributed by atoms with Gasteiger partial charge in [0.25, 0.3) is 0 Å². The Kier molecular flexibility index (Phi) is 19.3. The molecule has 0 N–H and O–H groups in total. The molecule has 0 heterocycles. The van der Waals surface area contributed by atoms with Crippen LogP contribution in [0.15, 0.2) is 17.8 Å². The van der Waals surface area contributed by atoms with E-state index in [1.165, 1.54) is 12.7 Å². The molecular formula is C7H15NO. The number of rotatable bonds is 3. The number of aliphatic imine (C=N–C) groups is 1. The molecule has 0 atom stereocenters. The van der Waals surface area contributed by atoms with Crippen molar-refractivity contribution in [2.24, 2.45) is 4.99 Å². The van der Waals surface area contributed by atoms with Gasteiger partial charge in [0.15, 0.2) is 6.40 Å². The molecule has 2 heteroatoms. The van der Waals surface area contributed by atoms with Crippen LogP contribution >= 0.6 is 0 Å². The molecule has 0 aromatic rings. The van der Waals surface area contributed by atoms with Crippen molar-refractivity contribution in [1.29, 1.82) is 0 Å². The van der Waals surface area contributed by atoms with Crippen molar-refractivity contribution in [1.82, 2.24) is 0 Å². The van der Waals surface area contributed by atoms with E-state index in [-0.39, 0.29) is 0 Å². The van der Waals surface area contributed by atoms with Crippen LogP contribution in [0.5, 0.6) is 0 Å². The molecule has 0 unspecified atom stereocenters. The third-order valence-corrected chi connectivity index (χ3v) is 0.414. The summed E-state index contributed by atoms with van der Waals surface area (Å²) >= 11 is 0. The molecule has 0 aliphatic carbocycles. The van der Waals surface area contributed by atoms with Crippen LogP contribution in [-0.2, 0) is 4.74 Å². The highest BCUT2D eigenvalue weighted by Crippen LogP contribution is 1.66. The van der Waals surface area contributed by atoms with Gasteiger partial charge in [0.2, 0.25) is 0 Å². The molecule has 0 radical (unpaired) electrons. The summed E-state index contributed by atoms with van der Waals surface area (Å²) in [7, 11) is 0. The normalized spacial score (nSPS) is 7.89. The average molecular weight is 129 g/mol. The second-order valence-corrected chi connectivity index (χ2v) is 0.907. The summed E-state index contributed by atoms with van der Waals surface area (Å²) in [6.45, 7) is 10.0. The number of nitrogens with zero attached hydrogens (tertiary/aromatic N) is 1. The zero-order chi connectivity index (χ0) is 7.54. The Labute approximate surface area is 57.3 Å². The van der Waals surface area contributed by atoms with Gasteiger partial charge in [-0.25, -0.2) is 0 Å². The lowest BCUT2D eigenvalue weighted by Crippen LogP contribution is -1.75. The Morgan fingerprint density at radius 3 is 2.44 bits per heavy atom. The Morgan fingerprint density at radius 2 is 2.11 bits per heavy atom. The molecule has 0 aliphatic rings. The molecule has 0 fully saturated rings. The maximum Gasteiger partial charge on any atom is 0.175 e. The van der Waals surface area contributed by atoms with Gasteiger partial charge in [-0.3, -0.25) is 4.99 Å². The van der Waals surface area contributed by atoms with Crippen molar-refractivity contribution in [3.8, 4) is 0 Å². The SMILES string of the molecule is C=COC=NCC.CC. The summed E-state index contributed by atoms with van der Waals surface area (Å²) in [6, 6.07) is 0. The van der Waals surface area contributed by atoms with Crippen LogP contribution in [0.1, 0.15) is 20.8 Å². The van der Waals surface area contributed by atoms with Crippen LogP contribution in [0.4, 0.5) is 0 Å². The number of ether oxygens (including phenoxy) is 1. The second kappa shape index (κ2) is 15.7. The van der Waals surface area contributed by atoms with E-state index in [0.717, 1.165) is 6.54 Å². The highest BCUT2D eigenvalue weighted by atomic mass is 16.5. The van der Waals surface area contributed by atoms with Gasteiger partial charge in [-0.05, 0) is 6.92 Å². The molecule has 0 rings (SSSR count). The fourth-order valence-corrected chi connectivity index (χ4v) is 0.161. The summed E-state index contributed by atoms with van der Waals surface area (Å²) in [6.07, 6.45) is 2.70. The molecule has 2 nitrogen and oxygen atoms in total. The first-order chi connectivity index (χ1) is 4.41. The lowest BCUT2D eigenvalue weighted by Gasteiger charge is -1.81. The van der Waals surface area contributed by atoms with E-state index >= 15 is 0 Å². The van der Waals surface area contributed by atoms with Crippen molar-refractivity contribution >= 4 is 6.40 Å². The average Bonchev–Trinajstić information content (AvgIpc) is 1.94. The van der Waals surface area contributed by atoms with Crippen LogP contribution in [-0.4, -0.2) is 12.9 Å². The van der Waals surface area contributed by atoms with E-state index in [1.807, 2.05) is 20.8 Å². The summed E-state index contributed by atoms with van der Waals surface area (Å²) < 4.78 is 4.55. The van der Waals surface area contributed by atoms with Gasteiger partial charge in [0, 0.05) is 6.54 Å². The Bertz CT molecular complexity index is 69.3. The first-order valence-corrected chi connectivity index (χ1v) is 3.16. The third kappa shape index (κ3) is 19.0. The highest BCUT2D eigenvalue weighted by Gasteiger charge is 1.60. The van der Waals surface area contributed by atoms with Crippen LogP contribution in [0.25, 0.3) is 0 Å². The minimum Gasteiger partial charge on any atom is -0.454 e. The van der Waals surface area contributed by atoms with E-state index in [9.17, 15) is 0 Å². The van der Waals surface area contributed by atoms with Gasteiger partial charge >= 0.3 is 0 Å². The number of hydrogen-bond donors (Lipinski definition) is 0. The van der Waals surface area contributed by atoms with Gasteiger partial charge < -0.3 is 4.74 Å². The van der Waals surface area contributed by atoms with Crippen molar-refractivity contribution in [2.45, 2.75) is 20.8 Å². The highest BCUT2D eigenvalue weighted by molar-refractivity contribution is 5.46. The summed E-state index contributed by atoms with van der Waals surface area (Å²) in [5.74, 6) is 0. The molecular weight excluding hydrogens is 114 g/mol. The van der Waals surface area contributed by atoms with Crippen molar-refractivity contribution < 1.29 is 4.74 Å². The van der Waals surface area contributed by atoms with E-state index < -0.39 is 0 Å². The summed E-state index contributed by atoms with van der Waals surface area (Å²) in [5, 5.41) is 0. The molecule has 0 aromatic carbocycles. The Hall–Kier alpha value is -0.790. The van der Waals surface area contributed by atoms with Crippen LogP contribution in [0.3, 0.4) is 0 Å². The minimum absolute atomic E-state index is 0.758. The molecule has 0 aromatic heterocycles. The topological polar surface area (TPSA) is 21.6 Å². The third-order valence-electron chi connectivity index (χ3n) is 0.414. The maximum atomic E-state index is 4.55. The minimum atomic E-state index is 0.758. The van der Waals surface area contributed by atoms with Crippen molar-refractivity contribution in [3.05, 3.63) is 12.8 Å². The molecule has 54 valence electrons. The first-order valence-electron chi connectivity index (χ1n) is 3.16. The predicted octanol–water partition coefficient (Wildman–Crippen LogP) is 2.22. The largest absolute Gasteiger partial charge is 0.454 e. The molecule has 0 saturated carbocycles. The molecule has 0 saturated heterocycles. The zero-order valence-corrected chi connectivity index (χ0v) is 6.42. The lowest BCUT2D eigenvalue weighted by atomic mass is 10.8. The fourth-order valence-electron chi connectivity index (χ4n) is 0.161. The molecule has 0 bridgehead atoms. The molecule has 9 heavy (non-hydrogen) atoms. The van der Waals surface area contributed by atoms with E-state index in [1.54, 1.807) is 0 Å². The standard InChI is InChI=1S/C5H9NO.C2H6/c1-3-6-5-7-4-2;1-2/h4-5H,2-3H2,1H3;1-2H3. The van der Waals surface area contributed by atoms with Gasteiger partial charge in [-0.15, -0.1) is 0 Å². The molecule has 0 spiro atoms. The fraction of sp³-hybridized carbons (Fsp3) is 0.571. The van der Waals surface area contributed by atoms with Crippen LogP contribution < -0.4 is 0 Å². The molecule has 0 aliphatic heterocycles. The van der Waals surface area contributed by atoms with Crippen LogP contribution in [0.2, 0.25) is 0 Å². The zero-order valence-electron chi connectivity index (χ0n) is 6.42. The quantitative estimate of drug-likeness (QED) is 0.325. The monoisotopic (exact) mass is 129 g/mol. The first kappa shape index (κ1) is 11.1. The van der Waals surface area contributed by atoms with E-state index in [4.69, 9.17) is 0 Å². The van der Waals surface area contributed by atoms with Gasteiger partial charge in [-0.1, -0.05) is 20.4 Å². The Balaban J connectivity index is 0. The smallest absolute Gasteiger partial charge is 0.175 e. The van der Waals surface area contributed by atoms with Crippen molar-refractivity contribution in [2.75, 3.05) is 6.54 Å². The van der Waals surface area contributed by atoms with Crippen LogP contribution in [0, 0.1) is 0 Å². The summed E-state index contributed by atoms with van der Waals surface area (Å²) in [5.41, 5.74) is 0. The lowest BCUT2D eigenvalue weighted by molar-refractivity contribution is 0.494. The second-order valence-electron chi connectivity index (χ2n) is 0.907. The van der Waals surface area contributed by atoms with Gasteiger partial charge in [-0.2, -0.15) is 0 Å². The maximum absolute atomic E-state index is 4.55. The molecule has 0 amide bonds. The van der Waals surface area contributed by atoms with E-state index in [0.29, 0.717) is 0 Å². The Morgan fingerprint density at radius 1 is 1.56 bits per heavy atom.